The standard InChI is InChI=1S/C13H22F2N4O/c1-13(2,3)12-17-10(16-4)7-11(18-12)19(5-6-20)8-9(14)15/h7,9,20H,5-6,8H2,1-4H3,(H,16,17,18). The maximum absolute atomic E-state index is 12.6. The number of aliphatic hydroxyl groups is 1. The molecule has 2 N–H and O–H groups in total. The molecule has 0 atom stereocenters. The van der Waals surface area contributed by atoms with Crippen LogP contribution in [0.3, 0.4) is 0 Å². The lowest BCUT2D eigenvalue weighted by Crippen LogP contribution is -2.33. The SMILES string of the molecule is CNc1cc(N(CCO)CC(F)F)nc(C(C)(C)C)n1. The number of aliphatic hydroxyl groups excluding tert-OH is 1. The Morgan fingerprint density at radius 3 is 2.45 bits per heavy atom. The Hall–Kier alpha value is -1.50. The van der Waals surface area contributed by atoms with Crippen molar-refractivity contribution in [2.75, 3.05) is 37.0 Å². The smallest absolute Gasteiger partial charge is 0.255 e. The Labute approximate surface area is 118 Å². The molecule has 0 bridgehead atoms. The van der Waals surface area contributed by atoms with Crippen molar-refractivity contribution >= 4 is 11.6 Å². The number of halogens is 2. The monoisotopic (exact) mass is 288 g/mol. The van der Waals surface area contributed by atoms with Gasteiger partial charge in [-0.25, -0.2) is 18.7 Å². The normalized spacial score (nSPS) is 11.8. The van der Waals surface area contributed by atoms with Crippen LogP contribution in [-0.2, 0) is 5.41 Å². The van der Waals surface area contributed by atoms with E-state index in [2.05, 4.69) is 15.3 Å². The summed E-state index contributed by atoms with van der Waals surface area (Å²) in [5, 5.41) is 11.9. The minimum absolute atomic E-state index is 0.105. The van der Waals surface area contributed by atoms with Gasteiger partial charge in [-0.05, 0) is 0 Å². The highest BCUT2D eigenvalue weighted by Gasteiger charge is 2.21. The second-order valence-corrected chi connectivity index (χ2v) is 5.50. The molecule has 0 amide bonds. The molecule has 1 aromatic rings. The van der Waals surface area contributed by atoms with Gasteiger partial charge >= 0.3 is 0 Å². The van der Waals surface area contributed by atoms with Gasteiger partial charge in [0, 0.05) is 25.1 Å². The van der Waals surface area contributed by atoms with Crippen LogP contribution >= 0.6 is 0 Å². The summed E-state index contributed by atoms with van der Waals surface area (Å²) in [7, 11) is 1.71. The second-order valence-electron chi connectivity index (χ2n) is 5.50. The molecule has 0 saturated carbocycles. The van der Waals surface area contributed by atoms with Crippen LogP contribution in [0.2, 0.25) is 0 Å². The Kier molecular flexibility index (Phi) is 5.62. The molecule has 0 spiro atoms. The summed E-state index contributed by atoms with van der Waals surface area (Å²) in [6, 6.07) is 1.60. The summed E-state index contributed by atoms with van der Waals surface area (Å²) in [5.41, 5.74) is -0.294. The predicted octanol–water partition coefficient (Wildman–Crippen LogP) is 1.88. The van der Waals surface area contributed by atoms with Gasteiger partial charge in [0.15, 0.2) is 0 Å². The number of alkyl halides is 2. The molecule has 0 radical (unpaired) electrons. The molecule has 5 nitrogen and oxygen atoms in total. The average Bonchev–Trinajstić information content (AvgIpc) is 2.36. The molecule has 0 fully saturated rings. The first-order valence-electron chi connectivity index (χ1n) is 6.49. The van der Waals surface area contributed by atoms with Gasteiger partial charge in [-0.2, -0.15) is 0 Å². The predicted molar refractivity (Wildman–Crippen MR) is 75.6 cm³/mol. The van der Waals surface area contributed by atoms with Crippen LogP contribution in [0, 0.1) is 0 Å². The summed E-state index contributed by atoms with van der Waals surface area (Å²) in [6.45, 7) is 5.29. The van der Waals surface area contributed by atoms with Crippen molar-refractivity contribution in [3.63, 3.8) is 0 Å². The zero-order valence-electron chi connectivity index (χ0n) is 12.3. The topological polar surface area (TPSA) is 61.3 Å². The molecule has 1 aromatic heterocycles. The van der Waals surface area contributed by atoms with Gasteiger partial charge in [0.1, 0.15) is 17.5 Å². The van der Waals surface area contributed by atoms with E-state index >= 15 is 0 Å². The van der Waals surface area contributed by atoms with E-state index in [1.165, 1.54) is 4.90 Å². The van der Waals surface area contributed by atoms with Crippen molar-refractivity contribution in [2.24, 2.45) is 0 Å². The summed E-state index contributed by atoms with van der Waals surface area (Å²) >= 11 is 0. The second kappa shape index (κ2) is 6.78. The van der Waals surface area contributed by atoms with E-state index in [1.54, 1.807) is 13.1 Å². The molecule has 0 aliphatic rings. The summed E-state index contributed by atoms with van der Waals surface area (Å²) in [5.74, 6) is 1.53. The number of nitrogens with one attached hydrogen (secondary N) is 1. The number of nitrogens with zero attached hydrogens (tertiary/aromatic N) is 3. The molecular formula is C13H22F2N4O. The molecule has 0 saturated heterocycles. The lowest BCUT2D eigenvalue weighted by molar-refractivity contribution is 0.152. The molecule has 0 aromatic carbocycles. The third kappa shape index (κ3) is 4.56. The van der Waals surface area contributed by atoms with Crippen LogP contribution in [0.4, 0.5) is 20.4 Å². The van der Waals surface area contributed by atoms with Gasteiger partial charge in [0.25, 0.3) is 6.43 Å². The third-order valence-electron chi connectivity index (χ3n) is 2.69. The largest absolute Gasteiger partial charge is 0.395 e. The Bertz CT molecular complexity index is 435. The highest BCUT2D eigenvalue weighted by atomic mass is 19.3. The molecule has 1 heterocycles. The lowest BCUT2D eigenvalue weighted by Gasteiger charge is -2.25. The van der Waals surface area contributed by atoms with Crippen LogP contribution in [0.1, 0.15) is 26.6 Å². The minimum atomic E-state index is -2.49. The minimum Gasteiger partial charge on any atom is -0.395 e. The highest BCUT2D eigenvalue weighted by molar-refractivity contribution is 5.49. The van der Waals surface area contributed by atoms with E-state index < -0.39 is 13.0 Å². The van der Waals surface area contributed by atoms with Crippen molar-refractivity contribution in [3.8, 4) is 0 Å². The maximum atomic E-state index is 12.6. The van der Waals surface area contributed by atoms with Crippen LogP contribution in [-0.4, -0.2) is 48.2 Å². The van der Waals surface area contributed by atoms with E-state index in [4.69, 9.17) is 5.11 Å². The number of hydrogen-bond donors (Lipinski definition) is 2. The first-order valence-corrected chi connectivity index (χ1v) is 6.49. The van der Waals surface area contributed by atoms with E-state index in [9.17, 15) is 8.78 Å². The van der Waals surface area contributed by atoms with Gasteiger partial charge in [-0.15, -0.1) is 0 Å². The van der Waals surface area contributed by atoms with Crippen LogP contribution < -0.4 is 10.2 Å². The summed E-state index contributed by atoms with van der Waals surface area (Å²) < 4.78 is 25.3. The number of rotatable bonds is 6. The first-order chi connectivity index (χ1) is 9.27. The van der Waals surface area contributed by atoms with Crippen molar-refractivity contribution in [3.05, 3.63) is 11.9 Å². The molecule has 0 aliphatic heterocycles. The van der Waals surface area contributed by atoms with Gasteiger partial charge in [-0.1, -0.05) is 20.8 Å². The van der Waals surface area contributed by atoms with Crippen LogP contribution in [0.25, 0.3) is 0 Å². The molecule has 1 rings (SSSR count). The van der Waals surface area contributed by atoms with Crippen LogP contribution in [0.5, 0.6) is 0 Å². The van der Waals surface area contributed by atoms with Crippen molar-refractivity contribution in [2.45, 2.75) is 32.6 Å². The number of hydrogen-bond acceptors (Lipinski definition) is 5. The summed E-state index contributed by atoms with van der Waals surface area (Å²) in [4.78, 5) is 10.1. The van der Waals surface area contributed by atoms with E-state index in [0.29, 0.717) is 17.5 Å². The van der Waals surface area contributed by atoms with E-state index in [1.807, 2.05) is 20.8 Å². The quantitative estimate of drug-likeness (QED) is 0.837. The van der Waals surface area contributed by atoms with Gasteiger partial charge < -0.3 is 15.3 Å². The summed E-state index contributed by atoms with van der Waals surface area (Å²) in [6.07, 6.45) is -2.49. The fraction of sp³-hybridized carbons (Fsp3) is 0.692. The lowest BCUT2D eigenvalue weighted by atomic mass is 9.96. The molecule has 114 valence electrons. The third-order valence-corrected chi connectivity index (χ3v) is 2.69. The Morgan fingerprint density at radius 2 is 2.00 bits per heavy atom. The molecule has 20 heavy (non-hydrogen) atoms. The maximum Gasteiger partial charge on any atom is 0.255 e. The van der Waals surface area contributed by atoms with Crippen molar-refractivity contribution in [1.82, 2.24) is 9.97 Å². The zero-order valence-corrected chi connectivity index (χ0v) is 12.3. The van der Waals surface area contributed by atoms with Gasteiger partial charge in [-0.3, -0.25) is 0 Å². The zero-order chi connectivity index (χ0) is 15.3. The highest BCUT2D eigenvalue weighted by Crippen LogP contribution is 2.24. The number of anilines is 2. The average molecular weight is 288 g/mol. The Balaban J connectivity index is 3.19. The number of aromatic nitrogens is 2. The van der Waals surface area contributed by atoms with Gasteiger partial charge in [0.2, 0.25) is 0 Å². The fourth-order valence-corrected chi connectivity index (χ4v) is 1.65. The van der Waals surface area contributed by atoms with E-state index in [-0.39, 0.29) is 18.6 Å². The molecule has 0 unspecified atom stereocenters. The first kappa shape index (κ1) is 16.6. The van der Waals surface area contributed by atoms with Crippen molar-refractivity contribution in [1.29, 1.82) is 0 Å². The molecule has 0 aliphatic carbocycles. The van der Waals surface area contributed by atoms with Crippen molar-refractivity contribution < 1.29 is 13.9 Å². The van der Waals surface area contributed by atoms with Gasteiger partial charge in [0.05, 0.1) is 13.2 Å². The van der Waals surface area contributed by atoms with E-state index in [0.717, 1.165) is 0 Å². The molecular weight excluding hydrogens is 266 g/mol. The fourth-order valence-electron chi connectivity index (χ4n) is 1.65. The molecule has 7 heteroatoms. The van der Waals surface area contributed by atoms with Crippen LogP contribution in [0.15, 0.2) is 6.07 Å². The Morgan fingerprint density at radius 1 is 1.35 bits per heavy atom.